The highest BCUT2D eigenvalue weighted by molar-refractivity contribution is 9.10. The highest BCUT2D eigenvalue weighted by Gasteiger charge is 2.18. The first-order valence-electron chi connectivity index (χ1n) is 6.85. The van der Waals surface area contributed by atoms with Crippen LogP contribution in [0.2, 0.25) is 0 Å². The monoisotopic (exact) mass is 348 g/mol. The quantitative estimate of drug-likeness (QED) is 0.649. The molecule has 0 aliphatic rings. The van der Waals surface area contributed by atoms with E-state index < -0.39 is 0 Å². The van der Waals surface area contributed by atoms with Crippen LogP contribution in [0.25, 0.3) is 0 Å². The molecule has 0 aromatic heterocycles. The van der Waals surface area contributed by atoms with Gasteiger partial charge in [-0.25, -0.2) is 5.43 Å². The summed E-state index contributed by atoms with van der Waals surface area (Å²) in [5.41, 5.74) is 8.73. The van der Waals surface area contributed by atoms with Crippen molar-refractivity contribution in [2.75, 3.05) is 7.11 Å². The van der Waals surface area contributed by atoms with E-state index in [0.29, 0.717) is 0 Å². The molecule has 3 nitrogen and oxygen atoms in total. The number of hydrazine groups is 1. The van der Waals surface area contributed by atoms with E-state index in [4.69, 9.17) is 10.6 Å². The normalized spacial score (nSPS) is 12.3. The molecule has 2 aromatic rings. The number of ether oxygens (including phenoxy) is 1. The zero-order valence-electron chi connectivity index (χ0n) is 12.8. The lowest BCUT2D eigenvalue weighted by atomic mass is 9.91. The van der Waals surface area contributed by atoms with E-state index in [1.165, 1.54) is 11.1 Å². The fourth-order valence-electron chi connectivity index (χ4n) is 2.61. The van der Waals surface area contributed by atoms with E-state index in [1.54, 1.807) is 7.11 Å². The first-order chi connectivity index (χ1) is 9.97. The van der Waals surface area contributed by atoms with Crippen LogP contribution >= 0.6 is 15.9 Å². The van der Waals surface area contributed by atoms with Gasteiger partial charge in [0.15, 0.2) is 0 Å². The minimum Gasteiger partial charge on any atom is -0.496 e. The second kappa shape index (κ2) is 6.60. The van der Waals surface area contributed by atoms with Crippen molar-refractivity contribution in [3.63, 3.8) is 0 Å². The molecule has 2 rings (SSSR count). The van der Waals surface area contributed by atoms with Gasteiger partial charge in [-0.15, -0.1) is 0 Å². The van der Waals surface area contributed by atoms with Gasteiger partial charge in [0.05, 0.1) is 13.2 Å². The van der Waals surface area contributed by atoms with Crippen LogP contribution < -0.4 is 16.0 Å². The zero-order valence-corrected chi connectivity index (χ0v) is 14.4. The summed E-state index contributed by atoms with van der Waals surface area (Å²) >= 11 is 3.53. The fourth-order valence-corrected chi connectivity index (χ4v) is 2.99. The Labute approximate surface area is 134 Å². The average molecular weight is 349 g/mol. The Bertz CT molecular complexity index is 655. The van der Waals surface area contributed by atoms with Crippen LogP contribution in [-0.4, -0.2) is 7.11 Å². The third-order valence-corrected chi connectivity index (χ3v) is 4.31. The zero-order chi connectivity index (χ0) is 15.6. The smallest absolute Gasteiger partial charge is 0.122 e. The van der Waals surface area contributed by atoms with Crippen LogP contribution in [0.5, 0.6) is 5.75 Å². The third kappa shape index (κ3) is 3.28. The summed E-state index contributed by atoms with van der Waals surface area (Å²) in [6.45, 7) is 6.22. The number of hydrogen-bond acceptors (Lipinski definition) is 3. The highest BCUT2D eigenvalue weighted by Crippen LogP contribution is 2.32. The lowest BCUT2D eigenvalue weighted by molar-refractivity contribution is 0.411. The lowest BCUT2D eigenvalue weighted by Gasteiger charge is -2.22. The molecular weight excluding hydrogens is 328 g/mol. The van der Waals surface area contributed by atoms with Gasteiger partial charge in [0, 0.05) is 4.47 Å². The van der Waals surface area contributed by atoms with Crippen molar-refractivity contribution in [3.8, 4) is 5.75 Å². The van der Waals surface area contributed by atoms with Crippen LogP contribution in [0.3, 0.4) is 0 Å². The predicted molar refractivity (Wildman–Crippen MR) is 90.5 cm³/mol. The average Bonchev–Trinajstić information content (AvgIpc) is 2.46. The number of benzene rings is 2. The standard InChI is InChI=1S/C17H21BrN2O/c1-10-5-6-13(18)9-15(10)17(20-19)14-7-12(3)16(21-4)8-11(14)2/h5-9,17,20H,19H2,1-4H3. The number of aryl methyl sites for hydroxylation is 3. The number of nitrogens with two attached hydrogens (primary N) is 1. The first-order valence-corrected chi connectivity index (χ1v) is 7.64. The SMILES string of the molecule is COc1cc(C)c(C(NN)c2cc(Br)ccc2C)cc1C. The van der Waals surface area contributed by atoms with Gasteiger partial charge in [0.1, 0.15) is 5.75 Å². The van der Waals surface area contributed by atoms with Crippen LogP contribution in [0.4, 0.5) is 0 Å². The molecule has 1 atom stereocenters. The highest BCUT2D eigenvalue weighted by atomic mass is 79.9. The van der Waals surface area contributed by atoms with E-state index in [2.05, 4.69) is 59.5 Å². The van der Waals surface area contributed by atoms with Crippen molar-refractivity contribution < 1.29 is 4.74 Å². The topological polar surface area (TPSA) is 47.3 Å². The van der Waals surface area contributed by atoms with Gasteiger partial charge in [-0.1, -0.05) is 28.1 Å². The number of nitrogens with one attached hydrogen (secondary N) is 1. The van der Waals surface area contributed by atoms with Crippen LogP contribution in [0.15, 0.2) is 34.8 Å². The molecule has 3 N–H and O–H groups in total. The molecule has 2 aromatic carbocycles. The Kier molecular flexibility index (Phi) is 5.04. The molecule has 0 saturated carbocycles. The molecule has 0 aliphatic carbocycles. The molecule has 0 amide bonds. The number of rotatable bonds is 4. The van der Waals surface area contributed by atoms with Crippen molar-refractivity contribution in [1.29, 1.82) is 0 Å². The van der Waals surface area contributed by atoms with Gasteiger partial charge < -0.3 is 4.74 Å². The molecule has 0 radical (unpaired) electrons. The Morgan fingerprint density at radius 1 is 1.00 bits per heavy atom. The predicted octanol–water partition coefficient (Wildman–Crippen LogP) is 3.94. The van der Waals surface area contributed by atoms with E-state index in [1.807, 2.05) is 13.0 Å². The summed E-state index contributed by atoms with van der Waals surface area (Å²) in [5, 5.41) is 0. The molecule has 0 heterocycles. The second-order valence-electron chi connectivity index (χ2n) is 5.28. The Balaban J connectivity index is 2.56. The van der Waals surface area contributed by atoms with E-state index in [-0.39, 0.29) is 6.04 Å². The van der Waals surface area contributed by atoms with Gasteiger partial charge in [0.2, 0.25) is 0 Å². The molecule has 21 heavy (non-hydrogen) atoms. The molecule has 0 fully saturated rings. The maximum atomic E-state index is 5.85. The summed E-state index contributed by atoms with van der Waals surface area (Å²) in [4.78, 5) is 0. The van der Waals surface area contributed by atoms with Crippen molar-refractivity contribution in [1.82, 2.24) is 5.43 Å². The van der Waals surface area contributed by atoms with E-state index in [0.717, 1.165) is 26.9 Å². The van der Waals surface area contributed by atoms with Gasteiger partial charge in [0.25, 0.3) is 0 Å². The van der Waals surface area contributed by atoms with Crippen molar-refractivity contribution in [2.45, 2.75) is 26.8 Å². The minimum atomic E-state index is -0.0490. The molecule has 0 saturated heterocycles. The van der Waals surface area contributed by atoms with Gasteiger partial charge >= 0.3 is 0 Å². The Morgan fingerprint density at radius 3 is 2.29 bits per heavy atom. The third-order valence-electron chi connectivity index (χ3n) is 3.81. The van der Waals surface area contributed by atoms with Gasteiger partial charge in [-0.05, 0) is 66.8 Å². The molecular formula is C17H21BrN2O. The Morgan fingerprint density at radius 2 is 1.67 bits per heavy atom. The number of halogens is 1. The summed E-state index contributed by atoms with van der Waals surface area (Å²) < 4.78 is 6.43. The lowest BCUT2D eigenvalue weighted by Crippen LogP contribution is -2.30. The molecule has 112 valence electrons. The van der Waals surface area contributed by atoms with Crippen molar-refractivity contribution >= 4 is 15.9 Å². The van der Waals surface area contributed by atoms with Crippen molar-refractivity contribution in [3.05, 3.63) is 62.6 Å². The van der Waals surface area contributed by atoms with E-state index in [9.17, 15) is 0 Å². The summed E-state index contributed by atoms with van der Waals surface area (Å²) in [6, 6.07) is 10.4. The summed E-state index contributed by atoms with van der Waals surface area (Å²) in [5.74, 6) is 6.75. The Hall–Kier alpha value is -1.36. The maximum Gasteiger partial charge on any atom is 0.122 e. The maximum absolute atomic E-state index is 5.85. The minimum absolute atomic E-state index is 0.0490. The van der Waals surface area contributed by atoms with Crippen LogP contribution in [0, 0.1) is 20.8 Å². The van der Waals surface area contributed by atoms with Crippen LogP contribution in [0.1, 0.15) is 33.9 Å². The first kappa shape index (κ1) is 16.0. The van der Waals surface area contributed by atoms with Crippen molar-refractivity contribution in [2.24, 2.45) is 5.84 Å². The fraction of sp³-hybridized carbons (Fsp3) is 0.294. The molecule has 0 bridgehead atoms. The molecule has 4 heteroatoms. The number of hydrogen-bond donors (Lipinski definition) is 2. The molecule has 1 unspecified atom stereocenters. The summed E-state index contributed by atoms with van der Waals surface area (Å²) in [7, 11) is 1.69. The van der Waals surface area contributed by atoms with Gasteiger partial charge in [-0.3, -0.25) is 5.84 Å². The molecule has 0 aliphatic heterocycles. The largest absolute Gasteiger partial charge is 0.496 e. The van der Waals surface area contributed by atoms with Crippen LogP contribution in [-0.2, 0) is 0 Å². The summed E-state index contributed by atoms with van der Waals surface area (Å²) in [6.07, 6.45) is 0. The number of methoxy groups -OCH3 is 1. The molecule has 0 spiro atoms. The van der Waals surface area contributed by atoms with E-state index >= 15 is 0 Å². The second-order valence-corrected chi connectivity index (χ2v) is 6.19. The van der Waals surface area contributed by atoms with Gasteiger partial charge in [-0.2, -0.15) is 0 Å².